The van der Waals surface area contributed by atoms with Gasteiger partial charge in [-0.3, -0.25) is 0 Å². The van der Waals surface area contributed by atoms with Crippen LogP contribution in [0.3, 0.4) is 0 Å². The van der Waals surface area contributed by atoms with E-state index in [9.17, 15) is 5.11 Å². The Morgan fingerprint density at radius 3 is 2.19 bits per heavy atom. The predicted molar refractivity (Wildman–Crippen MR) is 70.1 cm³/mol. The molecule has 0 radical (unpaired) electrons. The van der Waals surface area contributed by atoms with E-state index >= 15 is 0 Å². The highest BCUT2D eigenvalue weighted by molar-refractivity contribution is 6.36. The average Bonchev–Trinajstić information content (AvgIpc) is 2.16. The third-order valence-electron chi connectivity index (χ3n) is 2.59. The lowest BCUT2D eigenvalue weighted by atomic mass is 10.00. The molecule has 0 spiro atoms. The predicted octanol–water partition coefficient (Wildman–Crippen LogP) is 4.85. The Bertz CT molecular complexity index is 316. The van der Waals surface area contributed by atoms with Crippen LogP contribution in [0.25, 0.3) is 0 Å². The Morgan fingerprint density at radius 1 is 1.12 bits per heavy atom. The molecule has 0 saturated heterocycles. The van der Waals surface area contributed by atoms with Gasteiger partial charge >= 0.3 is 0 Å². The molecule has 1 unspecified atom stereocenters. The van der Waals surface area contributed by atoms with E-state index < -0.39 is 6.10 Å². The Balaban J connectivity index is 2.62. The molecular weight excluding hydrogens is 243 g/mol. The molecule has 0 aliphatic heterocycles. The fourth-order valence-corrected chi connectivity index (χ4v) is 2.34. The molecule has 1 nitrogen and oxygen atoms in total. The maximum Gasteiger partial charge on any atom is 0.0819 e. The first-order chi connectivity index (χ1) is 7.52. The summed E-state index contributed by atoms with van der Waals surface area (Å²) in [5.74, 6) is 0.661. The van der Waals surface area contributed by atoms with Crippen molar-refractivity contribution in [2.45, 2.75) is 39.2 Å². The molecule has 1 rings (SSSR count). The number of benzene rings is 1. The molecule has 0 aromatic heterocycles. The highest BCUT2D eigenvalue weighted by atomic mass is 35.5. The Morgan fingerprint density at radius 2 is 1.69 bits per heavy atom. The summed E-state index contributed by atoms with van der Waals surface area (Å²) in [6.45, 7) is 4.35. The molecule has 3 heteroatoms. The van der Waals surface area contributed by atoms with Crippen molar-refractivity contribution in [3.8, 4) is 0 Å². The van der Waals surface area contributed by atoms with Crippen LogP contribution in [0.4, 0.5) is 0 Å². The van der Waals surface area contributed by atoms with Gasteiger partial charge in [0.05, 0.1) is 6.10 Å². The monoisotopic (exact) mass is 260 g/mol. The van der Waals surface area contributed by atoms with Gasteiger partial charge in [0, 0.05) is 15.6 Å². The minimum Gasteiger partial charge on any atom is -0.388 e. The number of halogens is 2. The van der Waals surface area contributed by atoms with Crippen LogP contribution in [0.2, 0.25) is 10.0 Å². The number of hydrogen-bond donors (Lipinski definition) is 1. The first-order valence-electron chi connectivity index (χ1n) is 5.64. The Labute approximate surface area is 107 Å². The normalized spacial score (nSPS) is 13.1. The van der Waals surface area contributed by atoms with Gasteiger partial charge in [0.1, 0.15) is 0 Å². The van der Waals surface area contributed by atoms with Crippen LogP contribution in [0.15, 0.2) is 18.2 Å². The van der Waals surface area contributed by atoms with Gasteiger partial charge in [0.25, 0.3) is 0 Å². The second-order valence-electron chi connectivity index (χ2n) is 4.48. The lowest BCUT2D eigenvalue weighted by molar-refractivity contribution is 0.162. The van der Waals surface area contributed by atoms with E-state index in [1.165, 1.54) is 0 Å². The first kappa shape index (κ1) is 13.8. The summed E-state index contributed by atoms with van der Waals surface area (Å²) >= 11 is 12.0. The van der Waals surface area contributed by atoms with Crippen LogP contribution in [-0.2, 0) is 0 Å². The molecule has 1 aromatic rings. The summed E-state index contributed by atoms with van der Waals surface area (Å²) in [4.78, 5) is 0. The third kappa shape index (κ3) is 3.97. The second-order valence-corrected chi connectivity index (χ2v) is 5.29. The third-order valence-corrected chi connectivity index (χ3v) is 3.25. The highest BCUT2D eigenvalue weighted by Crippen LogP contribution is 2.32. The molecule has 90 valence electrons. The lowest BCUT2D eigenvalue weighted by Crippen LogP contribution is -2.00. The average molecular weight is 261 g/mol. The van der Waals surface area contributed by atoms with E-state index in [4.69, 9.17) is 23.2 Å². The molecular formula is C13H18Cl2O. The minimum atomic E-state index is -0.556. The molecule has 1 N–H and O–H groups in total. The number of aliphatic hydroxyl groups excluding tert-OH is 1. The summed E-state index contributed by atoms with van der Waals surface area (Å²) < 4.78 is 0. The van der Waals surface area contributed by atoms with Gasteiger partial charge in [-0.2, -0.15) is 0 Å². The highest BCUT2D eigenvalue weighted by Gasteiger charge is 2.14. The lowest BCUT2D eigenvalue weighted by Gasteiger charge is -2.14. The standard InChI is InChI=1S/C13H18Cl2O/c1-9(2)5-3-8-12(16)13-10(14)6-4-7-11(13)15/h4,6-7,9,12,16H,3,5,8H2,1-2H3. The van der Waals surface area contributed by atoms with Gasteiger partial charge < -0.3 is 5.11 Å². The molecule has 16 heavy (non-hydrogen) atoms. The van der Waals surface area contributed by atoms with E-state index in [1.54, 1.807) is 18.2 Å². The van der Waals surface area contributed by atoms with Crippen molar-refractivity contribution in [2.75, 3.05) is 0 Å². The van der Waals surface area contributed by atoms with Crippen molar-refractivity contribution in [3.05, 3.63) is 33.8 Å². The Hall–Kier alpha value is -0.240. The van der Waals surface area contributed by atoms with Crippen molar-refractivity contribution >= 4 is 23.2 Å². The van der Waals surface area contributed by atoms with E-state index in [2.05, 4.69) is 13.8 Å². The fourth-order valence-electron chi connectivity index (χ4n) is 1.69. The van der Waals surface area contributed by atoms with E-state index in [-0.39, 0.29) is 0 Å². The summed E-state index contributed by atoms with van der Waals surface area (Å²) in [5, 5.41) is 11.1. The molecule has 1 atom stereocenters. The summed E-state index contributed by atoms with van der Waals surface area (Å²) in [5.41, 5.74) is 0.662. The largest absolute Gasteiger partial charge is 0.388 e. The van der Waals surface area contributed by atoms with Gasteiger partial charge in [-0.25, -0.2) is 0 Å². The maximum absolute atomic E-state index is 10.0. The topological polar surface area (TPSA) is 20.2 Å². The van der Waals surface area contributed by atoms with Crippen LogP contribution < -0.4 is 0 Å². The zero-order valence-electron chi connectivity index (χ0n) is 9.71. The van der Waals surface area contributed by atoms with Gasteiger partial charge in [-0.15, -0.1) is 0 Å². The number of aliphatic hydroxyl groups is 1. The van der Waals surface area contributed by atoms with Crippen molar-refractivity contribution in [1.82, 2.24) is 0 Å². The summed E-state index contributed by atoms with van der Waals surface area (Å²) in [6.07, 6.45) is 2.25. The SMILES string of the molecule is CC(C)CCCC(O)c1c(Cl)cccc1Cl. The van der Waals surface area contributed by atoms with Gasteiger partial charge in [-0.1, -0.05) is 56.0 Å². The minimum absolute atomic E-state index is 0.546. The van der Waals surface area contributed by atoms with Gasteiger partial charge in [0.2, 0.25) is 0 Å². The van der Waals surface area contributed by atoms with Gasteiger partial charge in [-0.05, 0) is 24.5 Å². The van der Waals surface area contributed by atoms with E-state index in [1.807, 2.05) is 0 Å². The van der Waals surface area contributed by atoms with Crippen LogP contribution in [0, 0.1) is 5.92 Å². The zero-order chi connectivity index (χ0) is 12.1. The molecule has 0 bridgehead atoms. The van der Waals surface area contributed by atoms with E-state index in [0.717, 1.165) is 12.8 Å². The molecule has 0 heterocycles. The molecule has 0 aliphatic rings. The van der Waals surface area contributed by atoms with Crippen LogP contribution in [0.5, 0.6) is 0 Å². The molecule has 0 fully saturated rings. The quantitative estimate of drug-likeness (QED) is 0.803. The Kier molecular flexibility index (Phi) is 5.60. The number of rotatable bonds is 5. The van der Waals surface area contributed by atoms with Crippen LogP contribution in [0.1, 0.15) is 44.8 Å². The first-order valence-corrected chi connectivity index (χ1v) is 6.40. The zero-order valence-corrected chi connectivity index (χ0v) is 11.2. The summed E-state index contributed by atoms with van der Waals surface area (Å²) in [6, 6.07) is 5.30. The fraction of sp³-hybridized carbons (Fsp3) is 0.538. The van der Waals surface area contributed by atoms with Crippen molar-refractivity contribution in [1.29, 1.82) is 0 Å². The van der Waals surface area contributed by atoms with Crippen LogP contribution in [-0.4, -0.2) is 5.11 Å². The van der Waals surface area contributed by atoms with Crippen LogP contribution >= 0.6 is 23.2 Å². The van der Waals surface area contributed by atoms with Crippen molar-refractivity contribution in [2.24, 2.45) is 5.92 Å². The van der Waals surface area contributed by atoms with Gasteiger partial charge in [0.15, 0.2) is 0 Å². The molecule has 1 aromatic carbocycles. The molecule has 0 aliphatic carbocycles. The number of hydrogen-bond acceptors (Lipinski definition) is 1. The van der Waals surface area contributed by atoms with E-state index in [0.29, 0.717) is 27.9 Å². The van der Waals surface area contributed by atoms with Crippen molar-refractivity contribution in [3.63, 3.8) is 0 Å². The summed E-state index contributed by atoms with van der Waals surface area (Å²) in [7, 11) is 0. The second kappa shape index (κ2) is 6.48. The molecule has 0 amide bonds. The smallest absolute Gasteiger partial charge is 0.0819 e. The maximum atomic E-state index is 10.0. The van der Waals surface area contributed by atoms with Crippen molar-refractivity contribution < 1.29 is 5.11 Å². The molecule has 0 saturated carbocycles.